The Morgan fingerprint density at radius 3 is 1.66 bits per heavy atom. The molecule has 0 bridgehead atoms. The standard InChI is InChI=1S/C44H28N6/c1-3-16-41-33(10-1)35-22-24-46-28-44(35)50(41)32-9-5-8-30(26-32)38-13-7-15-40(48-38)39-14-6-12-37(47-39)29-18-20-31(21-19-29)49-42-17-4-2-11-34(42)36-27-45-25-23-43(36)49/h1-28H. The molecule has 6 aromatic heterocycles. The highest BCUT2D eigenvalue weighted by molar-refractivity contribution is 6.09. The van der Waals surface area contributed by atoms with Gasteiger partial charge >= 0.3 is 0 Å². The fraction of sp³-hybridized carbons (Fsp3) is 0. The molecule has 234 valence electrons. The van der Waals surface area contributed by atoms with Gasteiger partial charge in [0, 0.05) is 62.6 Å². The molecule has 0 saturated heterocycles. The lowest BCUT2D eigenvalue weighted by atomic mass is 10.1. The Labute approximate surface area is 287 Å². The summed E-state index contributed by atoms with van der Waals surface area (Å²) in [6.45, 7) is 0. The van der Waals surface area contributed by atoms with Crippen molar-refractivity contribution in [3.8, 4) is 45.3 Å². The first-order chi connectivity index (χ1) is 24.8. The SMILES string of the molecule is c1cc(-c2cccc(-c3cccc(-c4ccc(-n5c6ccccc6c6cnccc65)cc4)n3)n2)cc(-n2c3ccccc3c3ccncc32)c1. The molecule has 0 aliphatic carbocycles. The van der Waals surface area contributed by atoms with E-state index in [1.54, 1.807) is 0 Å². The lowest BCUT2D eigenvalue weighted by molar-refractivity contribution is 1.16. The molecular formula is C44H28N6. The molecule has 0 fully saturated rings. The fourth-order valence-corrected chi connectivity index (χ4v) is 7.25. The van der Waals surface area contributed by atoms with Crippen LogP contribution in [0.25, 0.3) is 88.9 Å². The molecule has 6 heteroatoms. The highest BCUT2D eigenvalue weighted by Crippen LogP contribution is 2.34. The Morgan fingerprint density at radius 2 is 0.900 bits per heavy atom. The molecule has 6 nitrogen and oxygen atoms in total. The van der Waals surface area contributed by atoms with Crippen LogP contribution in [-0.2, 0) is 0 Å². The van der Waals surface area contributed by atoms with E-state index in [0.717, 1.165) is 72.7 Å². The van der Waals surface area contributed by atoms with Gasteiger partial charge in [0.05, 0.1) is 51.0 Å². The van der Waals surface area contributed by atoms with E-state index in [2.05, 4.69) is 153 Å². The van der Waals surface area contributed by atoms with Crippen LogP contribution < -0.4 is 0 Å². The van der Waals surface area contributed by atoms with Crippen LogP contribution in [0.5, 0.6) is 0 Å². The lowest BCUT2D eigenvalue weighted by Crippen LogP contribution is -1.96. The van der Waals surface area contributed by atoms with Gasteiger partial charge in [-0.25, -0.2) is 9.97 Å². The van der Waals surface area contributed by atoms with Crippen LogP contribution in [0, 0.1) is 0 Å². The topological polar surface area (TPSA) is 61.4 Å². The molecule has 0 atom stereocenters. The summed E-state index contributed by atoms with van der Waals surface area (Å²) in [5, 5.41) is 4.73. The van der Waals surface area contributed by atoms with Crippen molar-refractivity contribution in [2.24, 2.45) is 0 Å². The van der Waals surface area contributed by atoms with Crippen molar-refractivity contribution < 1.29 is 0 Å². The van der Waals surface area contributed by atoms with E-state index in [9.17, 15) is 0 Å². The summed E-state index contributed by atoms with van der Waals surface area (Å²) in [7, 11) is 0. The monoisotopic (exact) mass is 640 g/mol. The number of pyridine rings is 4. The summed E-state index contributed by atoms with van der Waals surface area (Å²) in [6, 6.07) is 50.6. The van der Waals surface area contributed by atoms with Gasteiger partial charge in [-0.15, -0.1) is 0 Å². The Kier molecular flexibility index (Phi) is 6.39. The minimum atomic E-state index is 0.825. The van der Waals surface area contributed by atoms with Crippen LogP contribution in [0.1, 0.15) is 0 Å². The van der Waals surface area contributed by atoms with Crippen LogP contribution >= 0.6 is 0 Å². The van der Waals surface area contributed by atoms with Crippen molar-refractivity contribution in [2.45, 2.75) is 0 Å². The third-order valence-electron chi connectivity index (χ3n) is 9.53. The Hall–Kier alpha value is -6.92. The molecule has 10 rings (SSSR count). The predicted octanol–water partition coefficient (Wildman–Crippen LogP) is 10.5. The van der Waals surface area contributed by atoms with Crippen molar-refractivity contribution in [1.82, 2.24) is 29.1 Å². The molecule has 50 heavy (non-hydrogen) atoms. The third kappa shape index (κ3) is 4.50. The zero-order valence-corrected chi connectivity index (χ0v) is 26.8. The van der Waals surface area contributed by atoms with Crippen LogP contribution in [-0.4, -0.2) is 29.1 Å². The highest BCUT2D eigenvalue weighted by Gasteiger charge is 2.15. The van der Waals surface area contributed by atoms with Gasteiger partial charge in [-0.2, -0.15) is 0 Å². The van der Waals surface area contributed by atoms with E-state index in [-0.39, 0.29) is 0 Å². The summed E-state index contributed by atoms with van der Waals surface area (Å²) < 4.78 is 4.57. The van der Waals surface area contributed by atoms with Gasteiger partial charge in [0.1, 0.15) is 0 Å². The Morgan fingerprint density at radius 1 is 0.340 bits per heavy atom. The quantitative estimate of drug-likeness (QED) is 0.188. The average molecular weight is 641 g/mol. The van der Waals surface area contributed by atoms with Crippen molar-refractivity contribution >= 4 is 43.6 Å². The van der Waals surface area contributed by atoms with Crippen molar-refractivity contribution in [3.63, 3.8) is 0 Å². The second-order valence-electron chi connectivity index (χ2n) is 12.4. The van der Waals surface area contributed by atoms with Gasteiger partial charge in [0.2, 0.25) is 0 Å². The highest BCUT2D eigenvalue weighted by atomic mass is 15.0. The molecule has 0 spiro atoms. The number of para-hydroxylation sites is 2. The molecule has 0 amide bonds. The van der Waals surface area contributed by atoms with Crippen LogP contribution in [0.4, 0.5) is 0 Å². The van der Waals surface area contributed by atoms with Gasteiger partial charge in [-0.05, 0) is 72.8 Å². The van der Waals surface area contributed by atoms with Crippen LogP contribution in [0.2, 0.25) is 0 Å². The number of nitrogens with zero attached hydrogens (tertiary/aromatic N) is 6. The van der Waals surface area contributed by atoms with E-state index in [4.69, 9.17) is 9.97 Å². The van der Waals surface area contributed by atoms with E-state index < -0.39 is 0 Å². The van der Waals surface area contributed by atoms with Crippen molar-refractivity contribution in [1.29, 1.82) is 0 Å². The van der Waals surface area contributed by atoms with Gasteiger partial charge in [0.25, 0.3) is 0 Å². The summed E-state index contributed by atoms with van der Waals surface area (Å²) >= 11 is 0. The summed E-state index contributed by atoms with van der Waals surface area (Å²) in [6.07, 6.45) is 7.59. The normalized spacial score (nSPS) is 11.6. The molecule has 0 radical (unpaired) electrons. The third-order valence-corrected chi connectivity index (χ3v) is 9.53. The van der Waals surface area contributed by atoms with Crippen molar-refractivity contribution in [2.75, 3.05) is 0 Å². The first-order valence-electron chi connectivity index (χ1n) is 16.6. The zero-order valence-electron chi connectivity index (χ0n) is 26.8. The predicted molar refractivity (Wildman–Crippen MR) is 203 cm³/mol. The molecule has 0 aliphatic rings. The van der Waals surface area contributed by atoms with Gasteiger partial charge in [-0.3, -0.25) is 9.97 Å². The van der Waals surface area contributed by atoms with Gasteiger partial charge < -0.3 is 9.13 Å². The zero-order chi connectivity index (χ0) is 33.0. The number of hydrogen-bond acceptors (Lipinski definition) is 4. The summed E-state index contributed by atoms with van der Waals surface area (Å²) in [5.41, 5.74) is 12.2. The second-order valence-corrected chi connectivity index (χ2v) is 12.4. The molecule has 6 heterocycles. The van der Waals surface area contributed by atoms with E-state index in [0.29, 0.717) is 0 Å². The van der Waals surface area contributed by atoms with Gasteiger partial charge in [0.15, 0.2) is 0 Å². The molecule has 0 aliphatic heterocycles. The lowest BCUT2D eigenvalue weighted by Gasteiger charge is -2.11. The first kappa shape index (κ1) is 28.1. The number of benzene rings is 4. The second kappa shape index (κ2) is 11.4. The Bertz CT molecular complexity index is 2770. The van der Waals surface area contributed by atoms with E-state index in [1.165, 1.54) is 16.2 Å². The average Bonchev–Trinajstić information content (AvgIpc) is 3.71. The van der Waals surface area contributed by atoms with Crippen LogP contribution in [0.15, 0.2) is 170 Å². The molecule has 4 aromatic carbocycles. The number of rotatable bonds is 5. The molecular weight excluding hydrogens is 613 g/mol. The minimum Gasteiger partial charge on any atom is -0.309 e. The van der Waals surface area contributed by atoms with E-state index in [1.807, 2.05) is 36.9 Å². The largest absolute Gasteiger partial charge is 0.309 e. The minimum absolute atomic E-state index is 0.825. The van der Waals surface area contributed by atoms with Crippen LogP contribution in [0.3, 0.4) is 0 Å². The molecule has 0 saturated carbocycles. The number of aromatic nitrogens is 6. The van der Waals surface area contributed by atoms with Gasteiger partial charge in [-0.1, -0.05) is 72.8 Å². The number of hydrogen-bond donors (Lipinski definition) is 0. The molecule has 10 aromatic rings. The maximum Gasteiger partial charge on any atom is 0.0893 e. The summed E-state index contributed by atoms with van der Waals surface area (Å²) in [4.78, 5) is 19.0. The fourth-order valence-electron chi connectivity index (χ4n) is 7.25. The maximum absolute atomic E-state index is 5.11. The van der Waals surface area contributed by atoms with Crippen molar-refractivity contribution in [3.05, 3.63) is 170 Å². The smallest absolute Gasteiger partial charge is 0.0893 e. The maximum atomic E-state index is 5.11. The first-order valence-corrected chi connectivity index (χ1v) is 16.6. The summed E-state index contributed by atoms with van der Waals surface area (Å²) in [5.74, 6) is 0. The Balaban J connectivity index is 0.993. The molecule has 0 unspecified atom stereocenters. The number of fused-ring (bicyclic) bond motifs is 6. The van der Waals surface area contributed by atoms with E-state index >= 15 is 0 Å². The molecule has 0 N–H and O–H groups in total.